The van der Waals surface area contributed by atoms with Gasteiger partial charge in [0.05, 0.1) is 6.54 Å². The highest BCUT2D eigenvalue weighted by Gasteiger charge is 2.14. The molecule has 6 nitrogen and oxygen atoms in total. The third-order valence-electron chi connectivity index (χ3n) is 3.99. The van der Waals surface area contributed by atoms with Crippen LogP contribution in [0.4, 0.5) is 0 Å². The molecule has 0 bridgehead atoms. The highest BCUT2D eigenvalue weighted by Crippen LogP contribution is 2.14. The van der Waals surface area contributed by atoms with Gasteiger partial charge in [0.15, 0.2) is 5.82 Å². The van der Waals surface area contributed by atoms with Gasteiger partial charge in [0.25, 0.3) is 0 Å². The highest BCUT2D eigenvalue weighted by molar-refractivity contribution is 5.75. The average molecular weight is 293 g/mol. The molecule has 1 amide bonds. The first-order valence-corrected chi connectivity index (χ1v) is 8.19. The molecular formula is C15H27N5O. The number of nitrogens with two attached hydrogens (primary N) is 1. The van der Waals surface area contributed by atoms with Gasteiger partial charge in [-0.25, -0.2) is 0 Å². The Bertz CT molecular complexity index is 443. The second kappa shape index (κ2) is 8.77. The number of aryl methyl sites for hydroxylation is 1. The van der Waals surface area contributed by atoms with E-state index in [4.69, 9.17) is 5.73 Å². The number of unbranched alkanes of at least 4 members (excludes halogenated alkanes) is 3. The van der Waals surface area contributed by atoms with Crippen molar-refractivity contribution in [3.8, 4) is 0 Å². The van der Waals surface area contributed by atoms with Crippen molar-refractivity contribution in [1.82, 2.24) is 20.1 Å². The van der Waals surface area contributed by atoms with Crippen LogP contribution in [0.3, 0.4) is 0 Å². The average Bonchev–Trinajstić information content (AvgIpc) is 2.72. The van der Waals surface area contributed by atoms with Crippen LogP contribution in [0.1, 0.15) is 63.0 Å². The molecule has 0 aromatic carbocycles. The Balaban J connectivity index is 1.70. The molecule has 0 unspecified atom stereocenters. The van der Waals surface area contributed by atoms with Gasteiger partial charge in [-0.1, -0.05) is 19.3 Å². The number of carbonyl (C=O) groups is 1. The smallest absolute Gasteiger partial charge is 0.220 e. The van der Waals surface area contributed by atoms with Crippen LogP contribution in [0.25, 0.3) is 0 Å². The van der Waals surface area contributed by atoms with Gasteiger partial charge in [-0.05, 0) is 32.2 Å². The van der Waals surface area contributed by atoms with Gasteiger partial charge in [0.1, 0.15) is 5.82 Å². The van der Waals surface area contributed by atoms with E-state index in [-0.39, 0.29) is 5.91 Å². The number of nitrogens with zero attached hydrogens (tertiary/aromatic N) is 3. The number of rotatable bonds is 8. The molecule has 6 heteroatoms. The standard InChI is InChI=1S/C15H27N5O/c16-10-6-2-1-5-9-15(21)17-12-14-19-18-13-8-4-3-7-11-20(13)14/h1-12,16H2,(H,17,21). The zero-order valence-corrected chi connectivity index (χ0v) is 12.8. The van der Waals surface area contributed by atoms with Crippen LogP contribution in [0.5, 0.6) is 0 Å². The molecule has 0 aliphatic carbocycles. The number of hydrogen-bond acceptors (Lipinski definition) is 4. The summed E-state index contributed by atoms with van der Waals surface area (Å²) in [6.07, 6.45) is 9.37. The van der Waals surface area contributed by atoms with E-state index in [1.807, 2.05) is 0 Å². The van der Waals surface area contributed by atoms with Gasteiger partial charge in [-0.15, -0.1) is 10.2 Å². The van der Waals surface area contributed by atoms with E-state index in [1.54, 1.807) is 0 Å². The van der Waals surface area contributed by atoms with E-state index < -0.39 is 0 Å². The van der Waals surface area contributed by atoms with Crippen molar-refractivity contribution in [1.29, 1.82) is 0 Å². The maximum absolute atomic E-state index is 11.8. The molecule has 0 fully saturated rings. The molecule has 0 radical (unpaired) electrons. The van der Waals surface area contributed by atoms with E-state index in [1.165, 1.54) is 19.3 Å². The van der Waals surface area contributed by atoms with Crippen molar-refractivity contribution in [3.05, 3.63) is 11.6 Å². The van der Waals surface area contributed by atoms with Crippen molar-refractivity contribution < 1.29 is 4.79 Å². The summed E-state index contributed by atoms with van der Waals surface area (Å²) in [5, 5.41) is 11.4. The first-order valence-electron chi connectivity index (χ1n) is 8.19. The van der Waals surface area contributed by atoms with Gasteiger partial charge in [-0.3, -0.25) is 4.79 Å². The third kappa shape index (κ3) is 5.12. The molecule has 2 rings (SSSR count). The minimum atomic E-state index is 0.105. The van der Waals surface area contributed by atoms with E-state index in [0.29, 0.717) is 13.0 Å². The lowest BCUT2D eigenvalue weighted by molar-refractivity contribution is -0.121. The number of amides is 1. The third-order valence-corrected chi connectivity index (χ3v) is 3.99. The summed E-state index contributed by atoms with van der Waals surface area (Å²) in [5.41, 5.74) is 5.44. The molecule has 21 heavy (non-hydrogen) atoms. The Morgan fingerprint density at radius 3 is 2.86 bits per heavy atom. The summed E-state index contributed by atoms with van der Waals surface area (Å²) in [6, 6.07) is 0. The van der Waals surface area contributed by atoms with Crippen molar-refractivity contribution in [3.63, 3.8) is 0 Å². The van der Waals surface area contributed by atoms with Crippen LogP contribution in [0.2, 0.25) is 0 Å². The molecule has 1 aliphatic rings. The second-order valence-corrected chi connectivity index (χ2v) is 5.72. The van der Waals surface area contributed by atoms with Gasteiger partial charge < -0.3 is 15.6 Å². The van der Waals surface area contributed by atoms with Gasteiger partial charge in [0, 0.05) is 19.4 Å². The zero-order chi connectivity index (χ0) is 14.9. The van der Waals surface area contributed by atoms with Crippen LogP contribution >= 0.6 is 0 Å². The highest BCUT2D eigenvalue weighted by atomic mass is 16.1. The largest absolute Gasteiger partial charge is 0.349 e. The Hall–Kier alpha value is -1.43. The Kier molecular flexibility index (Phi) is 6.66. The van der Waals surface area contributed by atoms with Crippen molar-refractivity contribution in [2.45, 2.75) is 70.9 Å². The summed E-state index contributed by atoms with van der Waals surface area (Å²) in [4.78, 5) is 11.8. The Morgan fingerprint density at radius 1 is 1.14 bits per heavy atom. The lowest BCUT2D eigenvalue weighted by Gasteiger charge is -2.08. The molecular weight excluding hydrogens is 266 g/mol. The fourth-order valence-corrected chi connectivity index (χ4v) is 2.73. The SMILES string of the molecule is NCCCCCCC(=O)NCc1nnc2n1CCCCC2. The lowest BCUT2D eigenvalue weighted by atomic mass is 10.1. The minimum absolute atomic E-state index is 0.105. The van der Waals surface area contributed by atoms with Gasteiger partial charge in [-0.2, -0.15) is 0 Å². The van der Waals surface area contributed by atoms with Gasteiger partial charge >= 0.3 is 0 Å². The maximum atomic E-state index is 11.8. The first kappa shape index (κ1) is 15.9. The molecule has 1 aromatic heterocycles. The van der Waals surface area contributed by atoms with E-state index in [2.05, 4.69) is 20.1 Å². The predicted molar refractivity (Wildman–Crippen MR) is 81.6 cm³/mol. The molecule has 1 aromatic rings. The van der Waals surface area contributed by atoms with Crippen LogP contribution in [0.15, 0.2) is 0 Å². The minimum Gasteiger partial charge on any atom is -0.349 e. The number of aromatic nitrogens is 3. The molecule has 0 atom stereocenters. The number of hydrogen-bond donors (Lipinski definition) is 2. The normalized spacial score (nSPS) is 14.5. The second-order valence-electron chi connectivity index (χ2n) is 5.72. The summed E-state index contributed by atoms with van der Waals surface area (Å²) in [6.45, 7) is 2.21. The first-order chi connectivity index (χ1) is 10.3. The Labute approximate surface area is 126 Å². The number of nitrogens with one attached hydrogen (secondary N) is 1. The molecule has 0 saturated carbocycles. The number of fused-ring (bicyclic) bond motifs is 1. The molecule has 0 spiro atoms. The lowest BCUT2D eigenvalue weighted by Crippen LogP contribution is -2.24. The molecule has 0 saturated heterocycles. The monoisotopic (exact) mass is 293 g/mol. The molecule has 118 valence electrons. The predicted octanol–water partition coefficient (Wildman–Crippen LogP) is 1.53. The zero-order valence-electron chi connectivity index (χ0n) is 12.8. The van der Waals surface area contributed by atoms with Crippen molar-refractivity contribution >= 4 is 5.91 Å². The van der Waals surface area contributed by atoms with E-state index in [9.17, 15) is 4.79 Å². The summed E-state index contributed by atoms with van der Waals surface area (Å²) >= 11 is 0. The number of carbonyl (C=O) groups excluding carboxylic acids is 1. The molecule has 3 N–H and O–H groups in total. The van der Waals surface area contributed by atoms with Crippen LogP contribution in [-0.4, -0.2) is 27.2 Å². The topological polar surface area (TPSA) is 85.8 Å². The van der Waals surface area contributed by atoms with Crippen molar-refractivity contribution in [2.75, 3.05) is 6.54 Å². The molecule has 1 aliphatic heterocycles. The van der Waals surface area contributed by atoms with E-state index in [0.717, 1.165) is 56.8 Å². The van der Waals surface area contributed by atoms with Gasteiger partial charge in [0.2, 0.25) is 5.91 Å². The maximum Gasteiger partial charge on any atom is 0.220 e. The van der Waals surface area contributed by atoms with Crippen LogP contribution < -0.4 is 11.1 Å². The van der Waals surface area contributed by atoms with Crippen molar-refractivity contribution in [2.24, 2.45) is 5.73 Å². The fraction of sp³-hybridized carbons (Fsp3) is 0.800. The van der Waals surface area contributed by atoms with E-state index >= 15 is 0 Å². The summed E-state index contributed by atoms with van der Waals surface area (Å²) in [7, 11) is 0. The quantitative estimate of drug-likeness (QED) is 0.712. The van der Waals surface area contributed by atoms with Crippen LogP contribution in [-0.2, 0) is 24.3 Å². The Morgan fingerprint density at radius 2 is 2.00 bits per heavy atom. The summed E-state index contributed by atoms with van der Waals surface area (Å²) in [5.74, 6) is 2.07. The summed E-state index contributed by atoms with van der Waals surface area (Å²) < 4.78 is 2.18. The van der Waals surface area contributed by atoms with Crippen LogP contribution in [0, 0.1) is 0 Å². The molecule has 2 heterocycles. The fourth-order valence-electron chi connectivity index (χ4n) is 2.73.